The lowest BCUT2D eigenvalue weighted by Crippen LogP contribution is -2.11. The molecule has 0 aliphatic heterocycles. The molecule has 0 amide bonds. The zero-order chi connectivity index (χ0) is 14.8. The standard InChI is InChI=1S/C14H10BrF4N/c15-12-7-10(16)5-6-13(12)20-8-9-3-1-2-4-11(9)14(17,18)19/h1-7,20H,8H2. The van der Waals surface area contributed by atoms with Crippen LogP contribution in [0.1, 0.15) is 11.1 Å². The van der Waals surface area contributed by atoms with Gasteiger partial charge in [0.15, 0.2) is 0 Å². The Morgan fingerprint density at radius 2 is 1.75 bits per heavy atom. The molecule has 1 N–H and O–H groups in total. The monoisotopic (exact) mass is 347 g/mol. The first-order chi connectivity index (χ1) is 9.38. The molecule has 0 aliphatic rings. The first-order valence-corrected chi connectivity index (χ1v) is 6.51. The van der Waals surface area contributed by atoms with Crippen LogP contribution in [-0.2, 0) is 12.7 Å². The summed E-state index contributed by atoms with van der Waals surface area (Å²) in [4.78, 5) is 0. The summed E-state index contributed by atoms with van der Waals surface area (Å²) in [5.41, 5.74) is -0.00895. The molecule has 20 heavy (non-hydrogen) atoms. The second kappa shape index (κ2) is 5.83. The van der Waals surface area contributed by atoms with Crippen LogP contribution in [0.3, 0.4) is 0 Å². The van der Waals surface area contributed by atoms with Crippen LogP contribution in [0.15, 0.2) is 46.9 Å². The summed E-state index contributed by atoms with van der Waals surface area (Å²) in [7, 11) is 0. The first kappa shape index (κ1) is 14.8. The summed E-state index contributed by atoms with van der Waals surface area (Å²) in [6.07, 6.45) is -4.39. The van der Waals surface area contributed by atoms with Gasteiger partial charge in [0.25, 0.3) is 0 Å². The molecular formula is C14H10BrF4N. The van der Waals surface area contributed by atoms with E-state index in [1.807, 2.05) is 0 Å². The Hall–Kier alpha value is -1.56. The molecule has 0 bridgehead atoms. The van der Waals surface area contributed by atoms with Crippen molar-refractivity contribution in [2.24, 2.45) is 0 Å². The molecule has 0 fully saturated rings. The fourth-order valence-electron chi connectivity index (χ4n) is 1.77. The highest BCUT2D eigenvalue weighted by Crippen LogP contribution is 2.32. The Morgan fingerprint density at radius 1 is 1.05 bits per heavy atom. The Balaban J connectivity index is 2.19. The number of rotatable bonds is 3. The SMILES string of the molecule is Fc1ccc(NCc2ccccc2C(F)(F)F)c(Br)c1. The van der Waals surface area contributed by atoms with Gasteiger partial charge in [-0.15, -0.1) is 0 Å². The van der Waals surface area contributed by atoms with Gasteiger partial charge in [-0.1, -0.05) is 18.2 Å². The van der Waals surface area contributed by atoms with E-state index in [1.54, 1.807) is 6.07 Å². The van der Waals surface area contributed by atoms with Gasteiger partial charge in [-0.3, -0.25) is 0 Å². The van der Waals surface area contributed by atoms with Crippen LogP contribution < -0.4 is 5.32 Å². The molecule has 0 saturated carbocycles. The summed E-state index contributed by atoms with van der Waals surface area (Å²) in [5.74, 6) is -0.418. The summed E-state index contributed by atoms with van der Waals surface area (Å²) >= 11 is 3.15. The molecular weight excluding hydrogens is 338 g/mol. The molecule has 0 aliphatic carbocycles. The molecule has 2 aromatic carbocycles. The molecule has 0 aromatic heterocycles. The van der Waals surface area contributed by atoms with E-state index in [0.717, 1.165) is 6.07 Å². The molecule has 0 saturated heterocycles. The molecule has 0 atom stereocenters. The lowest BCUT2D eigenvalue weighted by atomic mass is 10.1. The van der Waals surface area contributed by atoms with Gasteiger partial charge >= 0.3 is 6.18 Å². The third kappa shape index (κ3) is 3.50. The van der Waals surface area contributed by atoms with E-state index in [1.165, 1.54) is 30.3 Å². The van der Waals surface area contributed by atoms with E-state index in [4.69, 9.17) is 0 Å². The minimum Gasteiger partial charge on any atom is -0.380 e. The number of hydrogen-bond acceptors (Lipinski definition) is 1. The summed E-state index contributed by atoms with van der Waals surface area (Å²) in [5, 5.41) is 2.86. The number of anilines is 1. The van der Waals surface area contributed by atoms with Crippen molar-refractivity contribution in [1.29, 1.82) is 0 Å². The van der Waals surface area contributed by atoms with Crippen LogP contribution in [0, 0.1) is 5.82 Å². The van der Waals surface area contributed by atoms with E-state index in [-0.39, 0.29) is 12.1 Å². The summed E-state index contributed by atoms with van der Waals surface area (Å²) in [6, 6.07) is 9.30. The lowest BCUT2D eigenvalue weighted by molar-refractivity contribution is -0.138. The predicted octanol–water partition coefficient (Wildman–Crippen LogP) is 5.22. The largest absolute Gasteiger partial charge is 0.416 e. The molecule has 2 rings (SSSR count). The van der Waals surface area contributed by atoms with Crippen molar-refractivity contribution in [1.82, 2.24) is 0 Å². The van der Waals surface area contributed by atoms with Gasteiger partial charge in [0, 0.05) is 16.7 Å². The van der Waals surface area contributed by atoms with Gasteiger partial charge in [0.2, 0.25) is 0 Å². The molecule has 2 aromatic rings. The lowest BCUT2D eigenvalue weighted by Gasteiger charge is -2.14. The van der Waals surface area contributed by atoms with Crippen molar-refractivity contribution in [3.63, 3.8) is 0 Å². The summed E-state index contributed by atoms with van der Waals surface area (Å²) in [6.45, 7) is -0.0000836. The van der Waals surface area contributed by atoms with Crippen molar-refractivity contribution in [3.05, 3.63) is 63.9 Å². The van der Waals surface area contributed by atoms with Crippen molar-refractivity contribution in [2.45, 2.75) is 12.7 Å². The van der Waals surface area contributed by atoms with Gasteiger partial charge in [0.1, 0.15) is 5.82 Å². The van der Waals surface area contributed by atoms with Crippen LogP contribution >= 0.6 is 15.9 Å². The van der Waals surface area contributed by atoms with E-state index in [9.17, 15) is 17.6 Å². The molecule has 0 spiro atoms. The van der Waals surface area contributed by atoms with Crippen LogP contribution in [0.5, 0.6) is 0 Å². The maximum Gasteiger partial charge on any atom is 0.416 e. The third-order valence-corrected chi connectivity index (χ3v) is 3.38. The van der Waals surface area contributed by atoms with Crippen molar-refractivity contribution < 1.29 is 17.6 Å². The van der Waals surface area contributed by atoms with Crippen LogP contribution in [0.4, 0.5) is 23.2 Å². The fraction of sp³-hybridized carbons (Fsp3) is 0.143. The third-order valence-electron chi connectivity index (χ3n) is 2.72. The van der Waals surface area contributed by atoms with Gasteiger partial charge in [-0.2, -0.15) is 13.2 Å². The maximum atomic E-state index is 12.9. The number of benzene rings is 2. The quantitative estimate of drug-likeness (QED) is 0.750. The minimum atomic E-state index is -4.39. The smallest absolute Gasteiger partial charge is 0.380 e. The highest BCUT2D eigenvalue weighted by Gasteiger charge is 2.32. The van der Waals surface area contributed by atoms with E-state index in [0.29, 0.717) is 10.2 Å². The molecule has 1 nitrogen and oxygen atoms in total. The first-order valence-electron chi connectivity index (χ1n) is 5.72. The molecule has 0 radical (unpaired) electrons. The average Bonchev–Trinajstić information content (AvgIpc) is 2.37. The van der Waals surface area contributed by atoms with Gasteiger partial charge in [-0.25, -0.2) is 4.39 Å². The minimum absolute atomic E-state index is 0.0000836. The van der Waals surface area contributed by atoms with Gasteiger partial charge in [0.05, 0.1) is 5.56 Å². The number of alkyl halides is 3. The second-order valence-corrected chi connectivity index (χ2v) is 4.99. The Bertz CT molecular complexity index is 610. The van der Waals surface area contributed by atoms with Crippen LogP contribution in [0.25, 0.3) is 0 Å². The maximum absolute atomic E-state index is 12.9. The Kier molecular flexibility index (Phi) is 4.32. The second-order valence-electron chi connectivity index (χ2n) is 4.13. The number of nitrogens with one attached hydrogen (secondary N) is 1. The summed E-state index contributed by atoms with van der Waals surface area (Å²) < 4.78 is 51.8. The van der Waals surface area contributed by atoms with E-state index in [2.05, 4.69) is 21.2 Å². The zero-order valence-corrected chi connectivity index (χ0v) is 11.7. The Morgan fingerprint density at radius 3 is 2.40 bits per heavy atom. The number of halogens is 5. The van der Waals surface area contributed by atoms with E-state index >= 15 is 0 Å². The van der Waals surface area contributed by atoms with Crippen molar-refractivity contribution >= 4 is 21.6 Å². The van der Waals surface area contributed by atoms with Gasteiger partial charge in [-0.05, 0) is 45.8 Å². The number of hydrogen-bond donors (Lipinski definition) is 1. The fourth-order valence-corrected chi connectivity index (χ4v) is 2.27. The van der Waals surface area contributed by atoms with E-state index < -0.39 is 17.6 Å². The molecule has 106 valence electrons. The normalized spacial score (nSPS) is 11.4. The molecule has 0 heterocycles. The molecule has 0 unspecified atom stereocenters. The van der Waals surface area contributed by atoms with Crippen molar-refractivity contribution in [3.8, 4) is 0 Å². The van der Waals surface area contributed by atoms with Crippen molar-refractivity contribution in [2.75, 3.05) is 5.32 Å². The highest BCUT2D eigenvalue weighted by molar-refractivity contribution is 9.10. The van der Waals surface area contributed by atoms with Gasteiger partial charge < -0.3 is 5.32 Å². The van der Waals surface area contributed by atoms with Crippen LogP contribution in [0.2, 0.25) is 0 Å². The molecule has 6 heteroatoms. The predicted molar refractivity (Wildman–Crippen MR) is 72.9 cm³/mol. The Labute approximate surface area is 121 Å². The zero-order valence-electron chi connectivity index (χ0n) is 10.1. The highest BCUT2D eigenvalue weighted by atomic mass is 79.9. The average molecular weight is 348 g/mol. The topological polar surface area (TPSA) is 12.0 Å². The van der Waals surface area contributed by atoms with Crippen LogP contribution in [-0.4, -0.2) is 0 Å².